The van der Waals surface area contributed by atoms with Gasteiger partial charge in [0.2, 0.25) is 0 Å². The lowest BCUT2D eigenvalue weighted by Crippen LogP contribution is -2.39. The maximum absolute atomic E-state index is 12.5. The lowest BCUT2D eigenvalue weighted by atomic mass is 9.98. The Bertz CT molecular complexity index is 798. The zero-order valence-corrected chi connectivity index (χ0v) is 17.0. The van der Waals surface area contributed by atoms with Gasteiger partial charge in [-0.3, -0.25) is 4.18 Å². The molecular weight excluding hydrogens is 370 g/mol. The number of carbonyl (C=O) groups excluding carboxylic acids is 1. The highest BCUT2D eigenvalue weighted by Gasteiger charge is 2.49. The molecule has 1 aromatic rings. The van der Waals surface area contributed by atoms with Gasteiger partial charge >= 0.3 is 6.09 Å². The molecule has 2 atom stereocenters. The maximum atomic E-state index is 12.5. The molecule has 8 heteroatoms. The van der Waals surface area contributed by atoms with Crippen molar-refractivity contribution >= 4 is 16.2 Å². The number of ether oxygens (including phenoxy) is 2. The van der Waals surface area contributed by atoms with E-state index in [2.05, 4.69) is 0 Å². The minimum Gasteiger partial charge on any atom is -0.444 e. The van der Waals surface area contributed by atoms with Crippen molar-refractivity contribution in [3.63, 3.8) is 0 Å². The van der Waals surface area contributed by atoms with Gasteiger partial charge in [0, 0.05) is 13.0 Å². The second-order valence-corrected chi connectivity index (χ2v) is 9.91. The molecule has 0 N–H and O–H groups in total. The summed E-state index contributed by atoms with van der Waals surface area (Å²) in [6.45, 7) is 8.45. The monoisotopic (exact) mass is 397 g/mol. The van der Waals surface area contributed by atoms with Crippen LogP contribution in [0.3, 0.4) is 0 Å². The summed E-state index contributed by atoms with van der Waals surface area (Å²) in [5.41, 5.74) is -0.146. The molecule has 0 unspecified atom stereocenters. The van der Waals surface area contributed by atoms with Crippen LogP contribution in [-0.4, -0.2) is 56.4 Å². The van der Waals surface area contributed by atoms with Crippen LogP contribution in [0, 0.1) is 6.92 Å². The second kappa shape index (κ2) is 7.07. The van der Waals surface area contributed by atoms with Crippen molar-refractivity contribution in [1.29, 1.82) is 0 Å². The summed E-state index contributed by atoms with van der Waals surface area (Å²) in [5.74, 6) is 0. The molecule has 0 saturated carbocycles. The van der Waals surface area contributed by atoms with Gasteiger partial charge in [-0.25, -0.2) is 4.79 Å². The number of benzene rings is 1. The van der Waals surface area contributed by atoms with Crippen molar-refractivity contribution in [3.8, 4) is 0 Å². The first-order chi connectivity index (χ1) is 12.5. The fourth-order valence-corrected chi connectivity index (χ4v) is 4.48. The summed E-state index contributed by atoms with van der Waals surface area (Å²) in [5, 5.41) is 0. The predicted octanol–water partition coefficient (Wildman–Crippen LogP) is 2.87. The van der Waals surface area contributed by atoms with E-state index in [0.29, 0.717) is 25.9 Å². The molecule has 27 heavy (non-hydrogen) atoms. The Kier molecular flexibility index (Phi) is 5.26. The zero-order chi connectivity index (χ0) is 19.9. The third kappa shape index (κ3) is 4.80. The van der Waals surface area contributed by atoms with E-state index in [1.54, 1.807) is 17.0 Å². The predicted molar refractivity (Wildman–Crippen MR) is 99.0 cm³/mol. The lowest BCUT2D eigenvalue weighted by Gasteiger charge is -2.26. The quantitative estimate of drug-likeness (QED) is 0.730. The molecule has 2 aliphatic rings. The molecule has 2 aliphatic heterocycles. The van der Waals surface area contributed by atoms with Crippen LogP contribution < -0.4 is 0 Å². The minimum absolute atomic E-state index is 0.135. The number of nitrogens with zero attached hydrogens (tertiary/aromatic N) is 1. The molecule has 150 valence electrons. The Hall–Kier alpha value is -1.64. The maximum Gasteiger partial charge on any atom is 0.410 e. The SMILES string of the molecule is Cc1ccc(S(=O)(=O)O[C@H]2CO[C@]3(CCN(C(=O)OC(C)(C)C)C3)C2)cc1. The van der Waals surface area contributed by atoms with Gasteiger partial charge in [0.25, 0.3) is 10.1 Å². The van der Waals surface area contributed by atoms with Crippen LogP contribution in [0.25, 0.3) is 0 Å². The number of hydrogen-bond acceptors (Lipinski definition) is 6. The van der Waals surface area contributed by atoms with Crippen molar-refractivity contribution in [2.45, 2.75) is 62.7 Å². The van der Waals surface area contributed by atoms with Crippen molar-refractivity contribution in [3.05, 3.63) is 29.8 Å². The van der Waals surface area contributed by atoms with Crippen LogP contribution in [0.1, 0.15) is 39.2 Å². The molecular formula is C19H27NO6S. The van der Waals surface area contributed by atoms with Crippen LogP contribution in [0.5, 0.6) is 0 Å². The molecule has 1 amide bonds. The fraction of sp³-hybridized carbons (Fsp3) is 0.632. The minimum atomic E-state index is -3.85. The van der Waals surface area contributed by atoms with Gasteiger partial charge in [0.15, 0.2) is 0 Å². The van der Waals surface area contributed by atoms with Gasteiger partial charge in [-0.15, -0.1) is 0 Å². The number of amides is 1. The summed E-state index contributed by atoms with van der Waals surface area (Å²) < 4.78 is 41.6. The number of carbonyl (C=O) groups is 1. The topological polar surface area (TPSA) is 82.1 Å². The normalized spacial score (nSPS) is 25.9. The Morgan fingerprint density at radius 2 is 1.93 bits per heavy atom. The summed E-state index contributed by atoms with van der Waals surface area (Å²) in [4.78, 5) is 14.0. The Balaban J connectivity index is 1.60. The standard InChI is InChI=1S/C19H27NO6S/c1-14-5-7-16(8-6-14)27(22,23)26-15-11-19(24-12-15)9-10-20(13-19)17(21)25-18(2,3)4/h5-8,15H,9-13H2,1-4H3/t15-,19-/m1/s1. The average molecular weight is 397 g/mol. The largest absolute Gasteiger partial charge is 0.444 e. The van der Waals surface area contributed by atoms with Crippen molar-refractivity contribution in [2.75, 3.05) is 19.7 Å². The first kappa shape index (κ1) is 20.1. The first-order valence-electron chi connectivity index (χ1n) is 9.10. The second-order valence-electron chi connectivity index (χ2n) is 8.34. The molecule has 2 fully saturated rings. The van der Waals surface area contributed by atoms with Crippen molar-refractivity contribution < 1.29 is 26.9 Å². The van der Waals surface area contributed by atoms with Crippen LogP contribution in [-0.2, 0) is 23.8 Å². The number of aryl methyl sites for hydroxylation is 1. The lowest BCUT2D eigenvalue weighted by molar-refractivity contribution is -0.000687. The van der Waals surface area contributed by atoms with E-state index < -0.39 is 27.4 Å². The molecule has 1 spiro atoms. The zero-order valence-electron chi connectivity index (χ0n) is 16.2. The van der Waals surface area contributed by atoms with Gasteiger partial charge in [-0.05, 0) is 46.2 Å². The van der Waals surface area contributed by atoms with Crippen LogP contribution in [0.4, 0.5) is 4.79 Å². The van der Waals surface area contributed by atoms with Gasteiger partial charge < -0.3 is 14.4 Å². The number of hydrogen-bond donors (Lipinski definition) is 0. The van der Waals surface area contributed by atoms with Gasteiger partial charge in [0.05, 0.1) is 23.6 Å². The van der Waals surface area contributed by atoms with Crippen LogP contribution in [0.2, 0.25) is 0 Å². The number of likely N-dealkylation sites (tertiary alicyclic amines) is 1. The van der Waals surface area contributed by atoms with E-state index >= 15 is 0 Å². The Morgan fingerprint density at radius 1 is 1.26 bits per heavy atom. The van der Waals surface area contributed by atoms with Gasteiger partial charge in [-0.2, -0.15) is 8.42 Å². The molecule has 0 bridgehead atoms. The van der Waals surface area contributed by atoms with Crippen molar-refractivity contribution in [1.82, 2.24) is 4.90 Å². The first-order valence-corrected chi connectivity index (χ1v) is 10.5. The average Bonchev–Trinajstić information content (AvgIpc) is 3.13. The highest BCUT2D eigenvalue weighted by atomic mass is 32.2. The van der Waals surface area contributed by atoms with Gasteiger partial charge in [0.1, 0.15) is 11.7 Å². The molecule has 3 rings (SSSR count). The third-order valence-electron chi connectivity index (χ3n) is 4.72. The number of rotatable bonds is 3. The molecule has 2 saturated heterocycles. The Morgan fingerprint density at radius 3 is 2.56 bits per heavy atom. The highest BCUT2D eigenvalue weighted by Crippen LogP contribution is 2.37. The summed E-state index contributed by atoms with van der Waals surface area (Å²) in [6, 6.07) is 6.54. The van der Waals surface area contributed by atoms with E-state index in [0.717, 1.165) is 5.56 Å². The van der Waals surface area contributed by atoms with Crippen LogP contribution >= 0.6 is 0 Å². The summed E-state index contributed by atoms with van der Waals surface area (Å²) >= 11 is 0. The van der Waals surface area contributed by atoms with Crippen LogP contribution in [0.15, 0.2) is 29.2 Å². The van der Waals surface area contributed by atoms with E-state index in [4.69, 9.17) is 13.7 Å². The molecule has 2 heterocycles. The summed E-state index contributed by atoms with van der Waals surface area (Å²) in [6.07, 6.45) is 0.128. The smallest absolute Gasteiger partial charge is 0.410 e. The van der Waals surface area contributed by atoms with Crippen molar-refractivity contribution in [2.24, 2.45) is 0 Å². The van der Waals surface area contributed by atoms with Gasteiger partial charge in [-0.1, -0.05) is 17.7 Å². The molecule has 0 aliphatic carbocycles. The molecule has 1 aromatic carbocycles. The van der Waals surface area contributed by atoms with E-state index in [9.17, 15) is 13.2 Å². The third-order valence-corrected chi connectivity index (χ3v) is 6.09. The van der Waals surface area contributed by atoms with E-state index in [1.165, 1.54) is 12.1 Å². The van der Waals surface area contributed by atoms with E-state index in [1.807, 2.05) is 27.7 Å². The highest BCUT2D eigenvalue weighted by molar-refractivity contribution is 7.86. The molecule has 0 aromatic heterocycles. The fourth-order valence-electron chi connectivity index (χ4n) is 3.42. The molecule has 0 radical (unpaired) electrons. The summed E-state index contributed by atoms with van der Waals surface area (Å²) in [7, 11) is -3.85. The van der Waals surface area contributed by atoms with E-state index in [-0.39, 0.29) is 17.6 Å². The Labute approximate surface area is 160 Å². The molecule has 7 nitrogen and oxygen atoms in total.